The third-order valence-corrected chi connectivity index (χ3v) is 5.30. The highest BCUT2D eigenvalue weighted by Gasteiger charge is 2.33. The molecule has 142 valence electrons. The number of carbonyl (C=O) groups is 2. The van der Waals surface area contributed by atoms with E-state index >= 15 is 0 Å². The van der Waals surface area contributed by atoms with Gasteiger partial charge in [-0.1, -0.05) is 24.3 Å². The molecule has 4 nitrogen and oxygen atoms in total. The molecule has 1 fully saturated rings. The second kappa shape index (κ2) is 8.33. The lowest BCUT2D eigenvalue weighted by atomic mass is 10.0. The summed E-state index contributed by atoms with van der Waals surface area (Å²) >= 11 is 0. The Morgan fingerprint density at radius 1 is 1.04 bits per heavy atom. The molecule has 2 unspecified atom stereocenters. The molecule has 2 atom stereocenters. The summed E-state index contributed by atoms with van der Waals surface area (Å²) in [5.41, 5.74) is 2.46. The largest absolute Gasteiger partial charge is 0.356 e. The molecule has 2 aromatic rings. The zero-order chi connectivity index (χ0) is 19.4. The molecule has 1 aliphatic carbocycles. The molecule has 0 bridgehead atoms. The summed E-state index contributed by atoms with van der Waals surface area (Å²) in [5, 5.41) is 2.87. The average molecular weight is 368 g/mol. The van der Waals surface area contributed by atoms with E-state index in [9.17, 15) is 14.0 Å². The zero-order valence-corrected chi connectivity index (χ0v) is 15.7. The van der Waals surface area contributed by atoms with Gasteiger partial charge in [-0.25, -0.2) is 4.39 Å². The van der Waals surface area contributed by atoms with Crippen LogP contribution in [0.25, 0.3) is 11.1 Å². The first-order valence-electron chi connectivity index (χ1n) is 9.40. The maximum absolute atomic E-state index is 13.1. The molecular formula is C22H25FN2O2. The summed E-state index contributed by atoms with van der Waals surface area (Å²) in [6.07, 6.45) is 2.37. The Morgan fingerprint density at radius 2 is 1.63 bits per heavy atom. The highest BCUT2D eigenvalue weighted by molar-refractivity contribution is 5.95. The van der Waals surface area contributed by atoms with Crippen molar-refractivity contribution in [1.82, 2.24) is 10.2 Å². The van der Waals surface area contributed by atoms with Crippen molar-refractivity contribution >= 4 is 11.8 Å². The maximum Gasteiger partial charge on any atom is 0.253 e. The van der Waals surface area contributed by atoms with Gasteiger partial charge in [-0.05, 0) is 61.6 Å². The van der Waals surface area contributed by atoms with Crippen LogP contribution in [0.15, 0.2) is 48.5 Å². The fourth-order valence-corrected chi connectivity index (χ4v) is 3.68. The Kier molecular flexibility index (Phi) is 5.89. The third kappa shape index (κ3) is 4.35. The lowest BCUT2D eigenvalue weighted by Crippen LogP contribution is -2.36. The minimum atomic E-state index is -0.269. The first kappa shape index (κ1) is 19.1. The summed E-state index contributed by atoms with van der Waals surface area (Å²) in [6.45, 7) is 2.55. The van der Waals surface area contributed by atoms with E-state index in [0.29, 0.717) is 18.5 Å². The van der Waals surface area contributed by atoms with Gasteiger partial charge < -0.3 is 10.2 Å². The number of nitrogens with zero attached hydrogens (tertiary/aromatic N) is 1. The van der Waals surface area contributed by atoms with Crippen LogP contribution in [0.1, 0.15) is 36.5 Å². The van der Waals surface area contributed by atoms with Crippen LogP contribution in [0.2, 0.25) is 0 Å². The fraction of sp³-hybridized carbons (Fsp3) is 0.364. The second-order valence-corrected chi connectivity index (χ2v) is 7.06. The van der Waals surface area contributed by atoms with Crippen molar-refractivity contribution in [3.63, 3.8) is 0 Å². The van der Waals surface area contributed by atoms with E-state index in [2.05, 4.69) is 5.32 Å². The van der Waals surface area contributed by atoms with E-state index < -0.39 is 0 Å². The highest BCUT2D eigenvalue weighted by Crippen LogP contribution is 2.30. The van der Waals surface area contributed by atoms with Crippen molar-refractivity contribution < 1.29 is 14.0 Å². The van der Waals surface area contributed by atoms with Crippen LogP contribution in [-0.2, 0) is 4.79 Å². The molecule has 1 N–H and O–H groups in total. The Balaban J connectivity index is 1.65. The summed E-state index contributed by atoms with van der Waals surface area (Å²) in [7, 11) is 1.81. The Labute approximate surface area is 159 Å². The van der Waals surface area contributed by atoms with Crippen LogP contribution in [-0.4, -0.2) is 36.3 Å². The second-order valence-electron chi connectivity index (χ2n) is 7.06. The number of hydrogen-bond acceptors (Lipinski definition) is 2. The Morgan fingerprint density at radius 3 is 2.22 bits per heavy atom. The van der Waals surface area contributed by atoms with Gasteiger partial charge in [-0.3, -0.25) is 9.59 Å². The maximum atomic E-state index is 13.1. The molecule has 0 radical (unpaired) electrons. The van der Waals surface area contributed by atoms with Crippen LogP contribution in [0.5, 0.6) is 0 Å². The van der Waals surface area contributed by atoms with Gasteiger partial charge in [0.1, 0.15) is 5.82 Å². The zero-order valence-electron chi connectivity index (χ0n) is 15.7. The molecule has 0 aromatic heterocycles. The number of rotatable bonds is 5. The van der Waals surface area contributed by atoms with E-state index in [1.807, 2.05) is 19.1 Å². The van der Waals surface area contributed by atoms with E-state index in [-0.39, 0.29) is 29.6 Å². The molecule has 0 heterocycles. The molecule has 27 heavy (non-hydrogen) atoms. The minimum absolute atomic E-state index is 0.00829. The van der Waals surface area contributed by atoms with Gasteiger partial charge in [0, 0.05) is 31.1 Å². The van der Waals surface area contributed by atoms with Crippen LogP contribution in [0.3, 0.4) is 0 Å². The number of amides is 2. The highest BCUT2D eigenvalue weighted by atomic mass is 19.1. The summed E-state index contributed by atoms with van der Waals surface area (Å²) in [5.74, 6) is -0.229. The van der Waals surface area contributed by atoms with Gasteiger partial charge in [0.15, 0.2) is 0 Å². The first-order chi connectivity index (χ1) is 13.0. The summed E-state index contributed by atoms with van der Waals surface area (Å²) < 4.78 is 13.1. The van der Waals surface area contributed by atoms with Crippen LogP contribution < -0.4 is 5.32 Å². The molecule has 0 spiro atoms. The lowest BCUT2D eigenvalue weighted by Gasteiger charge is -2.25. The van der Waals surface area contributed by atoms with Gasteiger partial charge in [-0.15, -0.1) is 0 Å². The topological polar surface area (TPSA) is 49.4 Å². The van der Waals surface area contributed by atoms with Gasteiger partial charge in [0.2, 0.25) is 5.91 Å². The van der Waals surface area contributed by atoms with Crippen molar-refractivity contribution in [3.05, 3.63) is 59.9 Å². The molecule has 1 saturated carbocycles. The monoisotopic (exact) mass is 368 g/mol. The number of carbonyl (C=O) groups excluding carboxylic acids is 2. The molecule has 5 heteroatoms. The van der Waals surface area contributed by atoms with Gasteiger partial charge in [0.25, 0.3) is 5.91 Å². The van der Waals surface area contributed by atoms with Crippen LogP contribution in [0.4, 0.5) is 4.39 Å². The van der Waals surface area contributed by atoms with Crippen molar-refractivity contribution in [3.8, 4) is 11.1 Å². The van der Waals surface area contributed by atoms with Gasteiger partial charge in [-0.2, -0.15) is 0 Å². The van der Waals surface area contributed by atoms with E-state index in [4.69, 9.17) is 0 Å². The predicted octanol–water partition coefficient (Wildman–Crippen LogP) is 3.87. The quantitative estimate of drug-likeness (QED) is 0.871. The van der Waals surface area contributed by atoms with E-state index in [0.717, 1.165) is 24.0 Å². The predicted molar refractivity (Wildman–Crippen MR) is 104 cm³/mol. The molecular weight excluding hydrogens is 343 g/mol. The molecule has 3 rings (SSSR count). The van der Waals surface area contributed by atoms with Gasteiger partial charge in [0.05, 0.1) is 0 Å². The minimum Gasteiger partial charge on any atom is -0.356 e. The molecule has 1 aliphatic rings. The Hall–Kier alpha value is -2.69. The molecule has 2 aromatic carbocycles. The number of benzene rings is 2. The van der Waals surface area contributed by atoms with E-state index in [1.165, 1.54) is 12.1 Å². The van der Waals surface area contributed by atoms with Crippen LogP contribution >= 0.6 is 0 Å². The van der Waals surface area contributed by atoms with Crippen molar-refractivity contribution in [2.24, 2.45) is 5.92 Å². The third-order valence-electron chi connectivity index (χ3n) is 5.30. The Bertz CT molecular complexity index is 802. The fourth-order valence-electron chi connectivity index (χ4n) is 3.68. The standard InChI is InChI=1S/C22H25FN2O2/c1-3-24-21(26)18-10-13-20(14-18)25(2)22(27)17-6-4-15(5-7-17)16-8-11-19(23)12-9-16/h4-9,11-12,18,20H,3,10,13-14H2,1-2H3,(H,24,26). The van der Waals surface area contributed by atoms with Gasteiger partial charge >= 0.3 is 0 Å². The lowest BCUT2D eigenvalue weighted by molar-refractivity contribution is -0.124. The SMILES string of the molecule is CCNC(=O)C1CCC(N(C)C(=O)c2ccc(-c3ccc(F)cc3)cc2)C1. The van der Waals surface area contributed by atoms with Crippen molar-refractivity contribution in [1.29, 1.82) is 0 Å². The number of hydrogen-bond donors (Lipinski definition) is 1. The summed E-state index contributed by atoms with van der Waals surface area (Å²) in [6, 6.07) is 13.7. The summed E-state index contributed by atoms with van der Waals surface area (Å²) in [4.78, 5) is 26.6. The average Bonchev–Trinajstić information content (AvgIpc) is 3.18. The van der Waals surface area contributed by atoms with Crippen molar-refractivity contribution in [2.45, 2.75) is 32.2 Å². The van der Waals surface area contributed by atoms with E-state index in [1.54, 1.807) is 36.2 Å². The first-order valence-corrected chi connectivity index (χ1v) is 9.40. The van der Waals surface area contributed by atoms with Crippen molar-refractivity contribution in [2.75, 3.05) is 13.6 Å². The number of halogens is 1. The normalized spacial score (nSPS) is 18.9. The molecule has 0 saturated heterocycles. The molecule has 0 aliphatic heterocycles. The van der Waals surface area contributed by atoms with Crippen LogP contribution in [0, 0.1) is 11.7 Å². The molecule has 2 amide bonds. The number of nitrogens with one attached hydrogen (secondary N) is 1. The smallest absolute Gasteiger partial charge is 0.253 e.